The molecule has 1 aliphatic rings. The Morgan fingerprint density at radius 1 is 1.31 bits per heavy atom. The number of carbonyl (C=O) groups is 1. The van der Waals surface area contributed by atoms with Gasteiger partial charge in [0, 0.05) is 24.6 Å². The van der Waals surface area contributed by atoms with Gasteiger partial charge in [0.1, 0.15) is 6.10 Å². The standard InChI is InChI=1S/C11H9NO4/c13-11-3-1-2-10(16-11)8-4-6-9(7-5-8)12(14)15/h1,3-7,10H,2H2. The van der Waals surface area contributed by atoms with Crippen LogP contribution in [-0.4, -0.2) is 10.9 Å². The highest BCUT2D eigenvalue weighted by molar-refractivity contribution is 5.82. The van der Waals surface area contributed by atoms with Gasteiger partial charge in [-0.15, -0.1) is 0 Å². The van der Waals surface area contributed by atoms with Gasteiger partial charge in [-0.3, -0.25) is 10.1 Å². The molecule has 0 radical (unpaired) electrons. The number of ether oxygens (including phenoxy) is 1. The molecular formula is C11H9NO4. The van der Waals surface area contributed by atoms with E-state index in [1.165, 1.54) is 18.2 Å². The first-order valence-electron chi connectivity index (χ1n) is 4.78. The summed E-state index contributed by atoms with van der Waals surface area (Å²) in [5, 5.41) is 10.4. The number of benzene rings is 1. The third-order valence-corrected chi connectivity index (χ3v) is 2.34. The number of rotatable bonds is 2. The summed E-state index contributed by atoms with van der Waals surface area (Å²) in [5.41, 5.74) is 0.796. The number of carbonyl (C=O) groups excluding carboxylic acids is 1. The Hall–Kier alpha value is -2.17. The second-order valence-electron chi connectivity index (χ2n) is 3.41. The normalized spacial score (nSPS) is 19.2. The summed E-state index contributed by atoms with van der Waals surface area (Å²) in [4.78, 5) is 21.0. The van der Waals surface area contributed by atoms with Gasteiger partial charge in [-0.05, 0) is 17.7 Å². The zero-order valence-electron chi connectivity index (χ0n) is 8.33. The molecule has 0 aliphatic carbocycles. The van der Waals surface area contributed by atoms with Crippen molar-refractivity contribution < 1.29 is 14.5 Å². The minimum atomic E-state index is -0.462. The molecule has 0 fully saturated rings. The van der Waals surface area contributed by atoms with Gasteiger partial charge in [0.25, 0.3) is 5.69 Å². The summed E-state index contributed by atoms with van der Waals surface area (Å²) in [6.07, 6.45) is 3.38. The van der Waals surface area contributed by atoms with Gasteiger partial charge < -0.3 is 4.74 Å². The summed E-state index contributed by atoms with van der Waals surface area (Å²) < 4.78 is 5.08. The van der Waals surface area contributed by atoms with Crippen LogP contribution in [0.3, 0.4) is 0 Å². The van der Waals surface area contributed by atoms with E-state index < -0.39 is 4.92 Å². The Balaban J connectivity index is 2.19. The molecule has 0 amide bonds. The fraction of sp³-hybridized carbons (Fsp3) is 0.182. The molecule has 1 aromatic rings. The van der Waals surface area contributed by atoms with Gasteiger partial charge in [0.2, 0.25) is 0 Å². The number of nitro groups is 1. The van der Waals surface area contributed by atoms with E-state index in [9.17, 15) is 14.9 Å². The lowest BCUT2D eigenvalue weighted by Crippen LogP contribution is -2.12. The molecule has 1 heterocycles. The van der Waals surface area contributed by atoms with E-state index in [0.29, 0.717) is 6.42 Å². The lowest BCUT2D eigenvalue weighted by atomic mass is 10.0. The van der Waals surface area contributed by atoms with Crippen molar-refractivity contribution in [2.75, 3.05) is 0 Å². The maximum absolute atomic E-state index is 11.0. The largest absolute Gasteiger partial charge is 0.454 e. The van der Waals surface area contributed by atoms with Crippen molar-refractivity contribution in [3.8, 4) is 0 Å². The summed E-state index contributed by atoms with van der Waals surface area (Å²) in [7, 11) is 0. The van der Waals surface area contributed by atoms with Crippen LogP contribution in [0.25, 0.3) is 0 Å². The minimum Gasteiger partial charge on any atom is -0.454 e. The summed E-state index contributed by atoms with van der Waals surface area (Å²) in [5.74, 6) is -0.380. The van der Waals surface area contributed by atoms with Crippen molar-refractivity contribution in [3.63, 3.8) is 0 Å². The highest BCUT2D eigenvalue weighted by atomic mass is 16.6. The van der Waals surface area contributed by atoms with Crippen molar-refractivity contribution in [1.82, 2.24) is 0 Å². The molecule has 1 aromatic carbocycles. The molecule has 5 heteroatoms. The first-order valence-corrected chi connectivity index (χ1v) is 4.78. The molecule has 0 aromatic heterocycles. The van der Waals surface area contributed by atoms with Crippen molar-refractivity contribution in [2.24, 2.45) is 0 Å². The molecule has 16 heavy (non-hydrogen) atoms. The third-order valence-electron chi connectivity index (χ3n) is 2.34. The number of hydrogen-bond donors (Lipinski definition) is 0. The average Bonchev–Trinajstić information content (AvgIpc) is 2.29. The number of cyclic esters (lactones) is 1. The van der Waals surface area contributed by atoms with Crippen LogP contribution in [0.4, 0.5) is 5.69 Å². The summed E-state index contributed by atoms with van der Waals surface area (Å²) >= 11 is 0. The molecule has 5 nitrogen and oxygen atoms in total. The predicted octanol–water partition coefficient (Wildman–Crippen LogP) is 2.14. The van der Waals surface area contributed by atoms with E-state index in [4.69, 9.17) is 4.74 Å². The fourth-order valence-electron chi connectivity index (χ4n) is 1.53. The fourth-order valence-corrected chi connectivity index (χ4v) is 1.53. The summed E-state index contributed by atoms with van der Waals surface area (Å²) in [6, 6.07) is 6.02. The first-order chi connectivity index (χ1) is 7.66. The topological polar surface area (TPSA) is 69.4 Å². The summed E-state index contributed by atoms with van der Waals surface area (Å²) in [6.45, 7) is 0. The Kier molecular flexibility index (Phi) is 2.68. The van der Waals surface area contributed by atoms with Gasteiger partial charge >= 0.3 is 5.97 Å². The van der Waals surface area contributed by atoms with E-state index in [-0.39, 0.29) is 17.8 Å². The molecule has 0 N–H and O–H groups in total. The number of non-ortho nitro benzene ring substituents is 1. The number of nitrogens with zero attached hydrogens (tertiary/aromatic N) is 1. The molecule has 1 unspecified atom stereocenters. The Labute approximate surface area is 91.5 Å². The third kappa shape index (κ3) is 2.08. The molecule has 1 aliphatic heterocycles. The monoisotopic (exact) mass is 219 g/mol. The van der Waals surface area contributed by atoms with Crippen molar-refractivity contribution in [3.05, 3.63) is 52.1 Å². The Bertz CT molecular complexity index is 450. The van der Waals surface area contributed by atoms with Crippen LogP contribution < -0.4 is 0 Å². The first kappa shape index (κ1) is 10.4. The Morgan fingerprint density at radius 2 is 2.00 bits per heavy atom. The minimum absolute atomic E-state index is 0.0291. The maximum Gasteiger partial charge on any atom is 0.331 e. The number of hydrogen-bond acceptors (Lipinski definition) is 4. The van der Waals surface area contributed by atoms with Crippen LogP contribution in [0.1, 0.15) is 18.1 Å². The molecule has 2 rings (SSSR count). The van der Waals surface area contributed by atoms with Crippen LogP contribution in [0.2, 0.25) is 0 Å². The molecular weight excluding hydrogens is 210 g/mol. The molecule has 0 spiro atoms. The number of esters is 1. The smallest absolute Gasteiger partial charge is 0.331 e. The van der Waals surface area contributed by atoms with Crippen LogP contribution >= 0.6 is 0 Å². The van der Waals surface area contributed by atoms with Crippen LogP contribution in [0, 0.1) is 10.1 Å². The molecule has 82 valence electrons. The molecule has 0 saturated carbocycles. The zero-order chi connectivity index (χ0) is 11.5. The van der Waals surface area contributed by atoms with Gasteiger partial charge in [-0.1, -0.05) is 6.08 Å². The van der Waals surface area contributed by atoms with E-state index in [1.807, 2.05) is 0 Å². The Morgan fingerprint density at radius 3 is 2.56 bits per heavy atom. The quantitative estimate of drug-likeness (QED) is 0.434. The number of nitro benzene ring substituents is 1. The SMILES string of the molecule is O=C1C=CCC(c2ccc([N+](=O)[O-])cc2)O1. The van der Waals surface area contributed by atoms with Gasteiger partial charge in [0.05, 0.1) is 4.92 Å². The second-order valence-corrected chi connectivity index (χ2v) is 3.41. The second kappa shape index (κ2) is 4.14. The van der Waals surface area contributed by atoms with E-state index >= 15 is 0 Å². The van der Waals surface area contributed by atoms with E-state index in [0.717, 1.165) is 5.56 Å². The van der Waals surface area contributed by atoms with Crippen molar-refractivity contribution >= 4 is 11.7 Å². The lowest BCUT2D eigenvalue weighted by molar-refractivity contribution is -0.384. The molecule has 0 bridgehead atoms. The highest BCUT2D eigenvalue weighted by Crippen LogP contribution is 2.26. The molecule has 0 saturated heterocycles. The van der Waals surface area contributed by atoms with Crippen LogP contribution in [0.5, 0.6) is 0 Å². The van der Waals surface area contributed by atoms with Gasteiger partial charge in [-0.25, -0.2) is 4.79 Å². The van der Waals surface area contributed by atoms with Crippen LogP contribution in [-0.2, 0) is 9.53 Å². The lowest BCUT2D eigenvalue weighted by Gasteiger charge is -2.18. The zero-order valence-corrected chi connectivity index (χ0v) is 8.33. The highest BCUT2D eigenvalue weighted by Gasteiger charge is 2.18. The van der Waals surface area contributed by atoms with Crippen molar-refractivity contribution in [2.45, 2.75) is 12.5 Å². The maximum atomic E-state index is 11.0. The van der Waals surface area contributed by atoms with E-state index in [2.05, 4.69) is 0 Å². The van der Waals surface area contributed by atoms with E-state index in [1.54, 1.807) is 18.2 Å². The van der Waals surface area contributed by atoms with Gasteiger partial charge in [0.15, 0.2) is 0 Å². The van der Waals surface area contributed by atoms with Gasteiger partial charge in [-0.2, -0.15) is 0 Å². The average molecular weight is 219 g/mol. The predicted molar refractivity (Wildman–Crippen MR) is 55.7 cm³/mol. The van der Waals surface area contributed by atoms with Crippen LogP contribution in [0.15, 0.2) is 36.4 Å². The molecule has 1 atom stereocenters. The van der Waals surface area contributed by atoms with Crippen molar-refractivity contribution in [1.29, 1.82) is 0 Å².